The third kappa shape index (κ3) is 3.32. The van der Waals surface area contributed by atoms with E-state index >= 15 is 0 Å². The summed E-state index contributed by atoms with van der Waals surface area (Å²) in [5, 5.41) is 3.65. The largest absolute Gasteiger partial charge is 0.381 e. The van der Waals surface area contributed by atoms with Crippen molar-refractivity contribution < 1.29 is 4.39 Å². The van der Waals surface area contributed by atoms with Crippen LogP contribution >= 0.6 is 23.2 Å². The highest BCUT2D eigenvalue weighted by molar-refractivity contribution is 6.30. The summed E-state index contributed by atoms with van der Waals surface area (Å²) in [6, 6.07) is 8.19. The Labute approximate surface area is 108 Å². The molecule has 2 aromatic rings. The van der Waals surface area contributed by atoms with Gasteiger partial charge in [0.15, 0.2) is 0 Å². The van der Waals surface area contributed by atoms with Gasteiger partial charge in [0.25, 0.3) is 0 Å². The van der Waals surface area contributed by atoms with Gasteiger partial charge in [-0.2, -0.15) is 0 Å². The van der Waals surface area contributed by atoms with Crippen LogP contribution in [0.3, 0.4) is 0 Å². The van der Waals surface area contributed by atoms with Crippen LogP contribution in [-0.4, -0.2) is 4.98 Å². The van der Waals surface area contributed by atoms with Gasteiger partial charge >= 0.3 is 0 Å². The average Bonchev–Trinajstić information content (AvgIpc) is 2.31. The zero-order valence-electron chi connectivity index (χ0n) is 8.75. The first-order valence-electron chi connectivity index (χ1n) is 4.94. The lowest BCUT2D eigenvalue weighted by Gasteiger charge is -2.07. The summed E-state index contributed by atoms with van der Waals surface area (Å²) < 4.78 is 13.2. The molecule has 1 heterocycles. The Morgan fingerprint density at radius 3 is 2.71 bits per heavy atom. The molecule has 0 bridgehead atoms. The van der Waals surface area contributed by atoms with Gasteiger partial charge in [0.2, 0.25) is 0 Å². The van der Waals surface area contributed by atoms with Gasteiger partial charge in [0.1, 0.15) is 11.0 Å². The maximum Gasteiger partial charge on any atom is 0.142 e. The molecule has 0 fully saturated rings. The van der Waals surface area contributed by atoms with Crippen molar-refractivity contribution in [2.45, 2.75) is 6.54 Å². The first kappa shape index (κ1) is 12.1. The van der Waals surface area contributed by atoms with Crippen LogP contribution in [0.5, 0.6) is 0 Å². The fraction of sp³-hybridized carbons (Fsp3) is 0.0833. The molecule has 88 valence electrons. The molecule has 2 rings (SSSR count). The number of hydrogen-bond donors (Lipinski definition) is 1. The molecule has 17 heavy (non-hydrogen) atoms. The van der Waals surface area contributed by atoms with Crippen LogP contribution in [0.25, 0.3) is 0 Å². The van der Waals surface area contributed by atoms with E-state index in [0.29, 0.717) is 11.7 Å². The van der Waals surface area contributed by atoms with Crippen LogP contribution in [0, 0.1) is 5.82 Å². The Balaban J connectivity index is 2.05. The second-order valence-electron chi connectivity index (χ2n) is 3.47. The van der Waals surface area contributed by atoms with Crippen molar-refractivity contribution in [3.8, 4) is 0 Å². The van der Waals surface area contributed by atoms with Crippen molar-refractivity contribution in [1.29, 1.82) is 0 Å². The third-order valence-electron chi connectivity index (χ3n) is 2.21. The minimum atomic E-state index is -0.418. The maximum atomic E-state index is 13.2. The summed E-state index contributed by atoms with van der Waals surface area (Å²) >= 11 is 11.3. The van der Waals surface area contributed by atoms with E-state index in [1.807, 2.05) is 0 Å². The summed E-state index contributed by atoms with van der Waals surface area (Å²) in [7, 11) is 0. The van der Waals surface area contributed by atoms with E-state index in [1.54, 1.807) is 24.4 Å². The molecule has 0 aliphatic heterocycles. The van der Waals surface area contributed by atoms with Crippen LogP contribution in [0.4, 0.5) is 10.1 Å². The Bertz CT molecular complexity index is 532. The normalized spacial score (nSPS) is 10.3. The van der Waals surface area contributed by atoms with Gasteiger partial charge in [-0.3, -0.25) is 0 Å². The van der Waals surface area contributed by atoms with Crippen molar-refractivity contribution in [3.63, 3.8) is 0 Å². The molecule has 5 heteroatoms. The van der Waals surface area contributed by atoms with Crippen molar-refractivity contribution in [2.75, 3.05) is 5.32 Å². The summed E-state index contributed by atoms with van der Waals surface area (Å²) in [6.45, 7) is 0.494. The third-order valence-corrected chi connectivity index (χ3v) is 2.72. The molecule has 0 saturated carbocycles. The van der Waals surface area contributed by atoms with Crippen molar-refractivity contribution >= 4 is 28.9 Å². The SMILES string of the molecule is Fc1cc(CNc2ccnc(Cl)c2)ccc1Cl. The van der Waals surface area contributed by atoms with Gasteiger partial charge in [-0.1, -0.05) is 29.3 Å². The number of aromatic nitrogens is 1. The highest BCUT2D eigenvalue weighted by atomic mass is 35.5. The number of hydrogen-bond acceptors (Lipinski definition) is 2. The average molecular weight is 271 g/mol. The van der Waals surface area contributed by atoms with Gasteiger partial charge < -0.3 is 5.32 Å². The molecule has 0 aliphatic rings. The number of pyridine rings is 1. The van der Waals surface area contributed by atoms with E-state index in [0.717, 1.165) is 11.3 Å². The highest BCUT2D eigenvalue weighted by Gasteiger charge is 2.01. The fourth-order valence-corrected chi connectivity index (χ4v) is 1.66. The number of halogens is 3. The highest BCUT2D eigenvalue weighted by Crippen LogP contribution is 2.17. The smallest absolute Gasteiger partial charge is 0.142 e. The number of anilines is 1. The Hall–Kier alpha value is -1.32. The quantitative estimate of drug-likeness (QED) is 0.848. The lowest BCUT2D eigenvalue weighted by atomic mass is 10.2. The summed E-state index contributed by atoms with van der Waals surface area (Å²) in [6.07, 6.45) is 1.60. The Morgan fingerprint density at radius 2 is 2.00 bits per heavy atom. The molecule has 1 aromatic heterocycles. The first-order chi connectivity index (χ1) is 8.15. The lowest BCUT2D eigenvalue weighted by molar-refractivity contribution is 0.626. The Morgan fingerprint density at radius 1 is 1.18 bits per heavy atom. The molecule has 0 radical (unpaired) electrons. The molecule has 1 N–H and O–H groups in total. The second-order valence-corrected chi connectivity index (χ2v) is 4.26. The van der Waals surface area contributed by atoms with Crippen LogP contribution in [-0.2, 0) is 6.54 Å². The van der Waals surface area contributed by atoms with E-state index < -0.39 is 5.82 Å². The lowest BCUT2D eigenvalue weighted by Crippen LogP contribution is -2.00. The van der Waals surface area contributed by atoms with Gasteiger partial charge in [-0.05, 0) is 29.8 Å². The Kier molecular flexibility index (Phi) is 3.82. The van der Waals surface area contributed by atoms with Gasteiger partial charge in [0.05, 0.1) is 5.02 Å². The molecule has 0 unspecified atom stereocenters. The number of nitrogens with zero attached hydrogens (tertiary/aromatic N) is 1. The molecule has 0 saturated heterocycles. The number of benzene rings is 1. The molecule has 0 atom stereocenters. The van der Waals surface area contributed by atoms with Crippen LogP contribution in [0.2, 0.25) is 10.2 Å². The predicted molar refractivity (Wildman–Crippen MR) is 68.0 cm³/mol. The minimum absolute atomic E-state index is 0.126. The molecule has 1 aromatic carbocycles. The van der Waals surface area contributed by atoms with Crippen LogP contribution in [0.1, 0.15) is 5.56 Å². The van der Waals surface area contributed by atoms with Gasteiger partial charge in [0, 0.05) is 18.4 Å². The fourth-order valence-electron chi connectivity index (χ4n) is 1.37. The first-order valence-corrected chi connectivity index (χ1v) is 5.70. The minimum Gasteiger partial charge on any atom is -0.381 e. The van der Waals surface area contributed by atoms with Crippen LogP contribution < -0.4 is 5.32 Å². The van der Waals surface area contributed by atoms with E-state index in [4.69, 9.17) is 23.2 Å². The zero-order chi connectivity index (χ0) is 12.3. The van der Waals surface area contributed by atoms with Crippen LogP contribution in [0.15, 0.2) is 36.5 Å². The molecule has 0 aliphatic carbocycles. The predicted octanol–water partition coefficient (Wildman–Crippen LogP) is 4.14. The standard InChI is InChI=1S/C12H9Cl2FN2/c13-10-2-1-8(5-11(10)15)7-17-9-3-4-16-12(14)6-9/h1-6H,7H2,(H,16,17). The van der Waals surface area contributed by atoms with E-state index in [-0.39, 0.29) is 5.02 Å². The van der Waals surface area contributed by atoms with Crippen molar-refractivity contribution in [3.05, 3.63) is 58.1 Å². The summed E-state index contributed by atoms with van der Waals surface area (Å²) in [4.78, 5) is 3.87. The topological polar surface area (TPSA) is 24.9 Å². The molecule has 0 spiro atoms. The van der Waals surface area contributed by atoms with Gasteiger partial charge in [-0.15, -0.1) is 0 Å². The monoisotopic (exact) mass is 270 g/mol. The summed E-state index contributed by atoms with van der Waals surface area (Å²) in [5.41, 5.74) is 1.64. The summed E-state index contributed by atoms with van der Waals surface area (Å²) in [5.74, 6) is -0.418. The zero-order valence-corrected chi connectivity index (χ0v) is 10.3. The number of rotatable bonds is 3. The molecular formula is C12H9Cl2FN2. The molecular weight excluding hydrogens is 262 g/mol. The number of nitrogens with one attached hydrogen (secondary N) is 1. The maximum absolute atomic E-state index is 13.2. The van der Waals surface area contributed by atoms with Crippen molar-refractivity contribution in [1.82, 2.24) is 4.98 Å². The van der Waals surface area contributed by atoms with E-state index in [1.165, 1.54) is 12.1 Å². The molecule has 0 amide bonds. The van der Waals surface area contributed by atoms with E-state index in [9.17, 15) is 4.39 Å². The van der Waals surface area contributed by atoms with E-state index in [2.05, 4.69) is 10.3 Å². The molecule has 2 nitrogen and oxygen atoms in total. The second kappa shape index (κ2) is 5.34. The van der Waals surface area contributed by atoms with Crippen molar-refractivity contribution in [2.24, 2.45) is 0 Å². The van der Waals surface area contributed by atoms with Gasteiger partial charge in [-0.25, -0.2) is 9.37 Å².